The fraction of sp³-hybridized carbons (Fsp3) is 0.867. The van der Waals surface area contributed by atoms with Crippen molar-refractivity contribution in [2.75, 3.05) is 32.1 Å². The third kappa shape index (κ3) is 10.5. The first-order valence-electron chi connectivity index (χ1n) is 7.99. The normalized spacial score (nSPS) is 15.8. The molecule has 0 radical (unpaired) electrons. The number of aliphatic imine (C=N–C) groups is 1. The SMILES string of the molecule is CN=C(NCCCCSC)NCC(=O)NC1CCCCC1.I. The number of nitrogens with zero attached hydrogens (tertiary/aromatic N) is 1. The van der Waals surface area contributed by atoms with Crippen molar-refractivity contribution in [3.8, 4) is 0 Å². The van der Waals surface area contributed by atoms with Crippen LogP contribution in [-0.2, 0) is 4.79 Å². The molecule has 1 fully saturated rings. The van der Waals surface area contributed by atoms with Crippen molar-refractivity contribution < 1.29 is 4.79 Å². The highest BCUT2D eigenvalue weighted by molar-refractivity contribution is 14.0. The van der Waals surface area contributed by atoms with Crippen LogP contribution in [0.1, 0.15) is 44.9 Å². The van der Waals surface area contributed by atoms with E-state index in [-0.39, 0.29) is 29.9 Å². The Morgan fingerprint density at radius 3 is 2.55 bits per heavy atom. The molecular formula is C15H31IN4OS. The molecule has 0 aromatic heterocycles. The fourth-order valence-electron chi connectivity index (χ4n) is 2.49. The number of nitrogens with one attached hydrogen (secondary N) is 3. The molecule has 7 heteroatoms. The molecule has 0 atom stereocenters. The molecule has 1 amide bonds. The molecule has 0 aromatic carbocycles. The first-order chi connectivity index (χ1) is 10.3. The third-order valence-electron chi connectivity index (χ3n) is 3.68. The van der Waals surface area contributed by atoms with Crippen LogP contribution in [0.25, 0.3) is 0 Å². The van der Waals surface area contributed by atoms with Crippen LogP contribution in [0.15, 0.2) is 4.99 Å². The Morgan fingerprint density at radius 1 is 1.18 bits per heavy atom. The number of hydrogen-bond donors (Lipinski definition) is 3. The predicted molar refractivity (Wildman–Crippen MR) is 107 cm³/mol. The van der Waals surface area contributed by atoms with Gasteiger partial charge in [0.2, 0.25) is 5.91 Å². The molecule has 0 saturated heterocycles. The smallest absolute Gasteiger partial charge is 0.239 e. The van der Waals surface area contributed by atoms with E-state index in [4.69, 9.17) is 0 Å². The Labute approximate surface area is 156 Å². The van der Waals surface area contributed by atoms with Crippen LogP contribution in [0.2, 0.25) is 0 Å². The lowest BCUT2D eigenvalue weighted by Gasteiger charge is -2.23. The van der Waals surface area contributed by atoms with Gasteiger partial charge in [-0.1, -0.05) is 19.3 Å². The summed E-state index contributed by atoms with van der Waals surface area (Å²) in [6, 6.07) is 0.370. The van der Waals surface area contributed by atoms with Gasteiger partial charge in [0, 0.05) is 19.6 Å². The van der Waals surface area contributed by atoms with Gasteiger partial charge in [-0.05, 0) is 37.7 Å². The van der Waals surface area contributed by atoms with Gasteiger partial charge in [0.1, 0.15) is 0 Å². The molecular weight excluding hydrogens is 411 g/mol. The summed E-state index contributed by atoms with van der Waals surface area (Å²) in [5.74, 6) is 1.96. The molecule has 0 unspecified atom stereocenters. The quantitative estimate of drug-likeness (QED) is 0.234. The van der Waals surface area contributed by atoms with E-state index in [0.29, 0.717) is 18.5 Å². The van der Waals surface area contributed by atoms with E-state index in [1.807, 2.05) is 11.8 Å². The van der Waals surface area contributed by atoms with Crippen molar-refractivity contribution in [2.24, 2.45) is 4.99 Å². The number of guanidine groups is 1. The van der Waals surface area contributed by atoms with Gasteiger partial charge in [-0.3, -0.25) is 9.79 Å². The highest BCUT2D eigenvalue weighted by Gasteiger charge is 2.15. The number of hydrogen-bond acceptors (Lipinski definition) is 3. The number of thioether (sulfide) groups is 1. The van der Waals surface area contributed by atoms with Gasteiger partial charge >= 0.3 is 0 Å². The van der Waals surface area contributed by atoms with Crippen LogP contribution in [-0.4, -0.2) is 50.1 Å². The zero-order chi connectivity index (χ0) is 15.3. The van der Waals surface area contributed by atoms with Crippen LogP contribution >= 0.6 is 35.7 Å². The first kappa shape index (κ1) is 21.8. The van der Waals surface area contributed by atoms with E-state index in [1.54, 1.807) is 7.05 Å². The maximum atomic E-state index is 11.9. The van der Waals surface area contributed by atoms with Gasteiger partial charge in [-0.25, -0.2) is 0 Å². The second-order valence-corrected chi connectivity index (χ2v) is 6.44. The third-order valence-corrected chi connectivity index (χ3v) is 4.37. The minimum absolute atomic E-state index is 0. The molecule has 0 aromatic rings. The standard InChI is InChI=1S/C15H30N4OS.HI/c1-16-15(17-10-6-7-11-21-2)18-12-14(20)19-13-8-4-3-5-9-13;/h13H,3-12H2,1-2H3,(H,19,20)(H2,16,17,18);1H. The van der Waals surface area contributed by atoms with Crippen molar-refractivity contribution >= 4 is 47.6 Å². The fourth-order valence-corrected chi connectivity index (χ4v) is 2.98. The first-order valence-corrected chi connectivity index (χ1v) is 9.38. The van der Waals surface area contributed by atoms with E-state index in [2.05, 4.69) is 27.2 Å². The predicted octanol–water partition coefficient (Wildman–Crippen LogP) is 2.36. The number of unbranched alkanes of at least 4 members (excludes halogenated alkanes) is 1. The van der Waals surface area contributed by atoms with Crippen LogP contribution in [0.5, 0.6) is 0 Å². The number of halogens is 1. The van der Waals surface area contributed by atoms with Crippen LogP contribution in [0.3, 0.4) is 0 Å². The summed E-state index contributed by atoms with van der Waals surface area (Å²) in [7, 11) is 1.73. The summed E-state index contributed by atoms with van der Waals surface area (Å²) >= 11 is 1.87. The Hall–Kier alpha value is -0.180. The van der Waals surface area contributed by atoms with E-state index in [9.17, 15) is 4.79 Å². The van der Waals surface area contributed by atoms with E-state index < -0.39 is 0 Å². The van der Waals surface area contributed by atoms with Crippen LogP contribution in [0, 0.1) is 0 Å². The average Bonchev–Trinajstić information content (AvgIpc) is 2.51. The number of carbonyl (C=O) groups excluding carboxylic acids is 1. The zero-order valence-corrected chi connectivity index (χ0v) is 17.0. The lowest BCUT2D eigenvalue weighted by molar-refractivity contribution is -0.120. The molecule has 0 aliphatic heterocycles. The molecule has 130 valence electrons. The Kier molecular flexibility index (Phi) is 14.3. The molecule has 0 bridgehead atoms. The van der Waals surface area contributed by atoms with E-state index in [0.717, 1.165) is 25.8 Å². The van der Waals surface area contributed by atoms with Crippen molar-refractivity contribution in [3.63, 3.8) is 0 Å². The maximum absolute atomic E-state index is 11.9. The molecule has 1 aliphatic carbocycles. The molecule has 22 heavy (non-hydrogen) atoms. The summed E-state index contributed by atoms with van der Waals surface area (Å²) in [4.78, 5) is 16.0. The second-order valence-electron chi connectivity index (χ2n) is 5.45. The van der Waals surface area contributed by atoms with Crippen molar-refractivity contribution in [3.05, 3.63) is 0 Å². The second kappa shape index (κ2) is 14.4. The topological polar surface area (TPSA) is 65.5 Å². The van der Waals surface area contributed by atoms with Gasteiger partial charge < -0.3 is 16.0 Å². The maximum Gasteiger partial charge on any atom is 0.239 e. The highest BCUT2D eigenvalue weighted by Crippen LogP contribution is 2.16. The van der Waals surface area contributed by atoms with Gasteiger partial charge in [0.25, 0.3) is 0 Å². The minimum atomic E-state index is 0. The van der Waals surface area contributed by atoms with Gasteiger partial charge in [-0.15, -0.1) is 24.0 Å². The number of amides is 1. The van der Waals surface area contributed by atoms with E-state index in [1.165, 1.54) is 31.4 Å². The molecule has 5 nitrogen and oxygen atoms in total. The molecule has 0 spiro atoms. The highest BCUT2D eigenvalue weighted by atomic mass is 127. The summed E-state index contributed by atoms with van der Waals surface area (Å²) < 4.78 is 0. The minimum Gasteiger partial charge on any atom is -0.356 e. The Balaban J connectivity index is 0.00000441. The summed E-state index contributed by atoms with van der Waals surface area (Å²) in [6.45, 7) is 1.19. The molecule has 1 rings (SSSR count). The lowest BCUT2D eigenvalue weighted by atomic mass is 9.95. The zero-order valence-electron chi connectivity index (χ0n) is 13.8. The van der Waals surface area contributed by atoms with Crippen LogP contribution < -0.4 is 16.0 Å². The number of rotatable bonds is 8. The van der Waals surface area contributed by atoms with E-state index >= 15 is 0 Å². The lowest BCUT2D eigenvalue weighted by Crippen LogP contribution is -2.46. The van der Waals surface area contributed by atoms with Crippen molar-refractivity contribution in [2.45, 2.75) is 51.0 Å². The monoisotopic (exact) mass is 442 g/mol. The summed E-state index contributed by atoms with van der Waals surface area (Å²) in [6.07, 6.45) is 10.5. The Bertz CT molecular complexity index is 323. The van der Waals surface area contributed by atoms with Crippen molar-refractivity contribution in [1.29, 1.82) is 0 Å². The Morgan fingerprint density at radius 2 is 1.91 bits per heavy atom. The summed E-state index contributed by atoms with van der Waals surface area (Å²) in [5, 5.41) is 9.40. The largest absolute Gasteiger partial charge is 0.356 e. The summed E-state index contributed by atoms with van der Waals surface area (Å²) in [5.41, 5.74) is 0. The van der Waals surface area contributed by atoms with Gasteiger partial charge in [0.05, 0.1) is 6.54 Å². The van der Waals surface area contributed by atoms with Crippen LogP contribution in [0.4, 0.5) is 0 Å². The molecule has 0 heterocycles. The number of carbonyl (C=O) groups is 1. The average molecular weight is 442 g/mol. The molecule has 1 aliphatic rings. The van der Waals surface area contributed by atoms with Gasteiger partial charge in [0.15, 0.2) is 5.96 Å². The van der Waals surface area contributed by atoms with Gasteiger partial charge in [-0.2, -0.15) is 11.8 Å². The molecule has 3 N–H and O–H groups in total. The molecule has 1 saturated carbocycles. The van der Waals surface area contributed by atoms with Crippen molar-refractivity contribution in [1.82, 2.24) is 16.0 Å².